The van der Waals surface area contributed by atoms with E-state index in [1.807, 2.05) is 48.5 Å². The van der Waals surface area contributed by atoms with Gasteiger partial charge in [-0.2, -0.15) is 0 Å². The second-order valence-electron chi connectivity index (χ2n) is 5.23. The number of fused-ring (bicyclic) bond motifs is 1. The van der Waals surface area contributed by atoms with Crippen molar-refractivity contribution >= 4 is 22.7 Å². The lowest BCUT2D eigenvalue weighted by atomic mass is 10.2. The number of nitrogens with zero attached hydrogens (tertiary/aromatic N) is 2. The van der Waals surface area contributed by atoms with E-state index < -0.39 is 0 Å². The van der Waals surface area contributed by atoms with Crippen molar-refractivity contribution in [1.82, 2.24) is 9.97 Å². The predicted octanol–water partition coefficient (Wildman–Crippen LogP) is 4.14. The number of carbonyl (C=O) groups is 1. The molecule has 0 atom stereocenters. The van der Waals surface area contributed by atoms with E-state index in [-0.39, 0.29) is 5.91 Å². The van der Waals surface area contributed by atoms with Gasteiger partial charge in [0, 0.05) is 17.4 Å². The zero-order valence-electron chi connectivity index (χ0n) is 12.6. The molecule has 5 heteroatoms. The highest BCUT2D eigenvalue weighted by atomic mass is 16.3. The molecule has 116 valence electrons. The van der Waals surface area contributed by atoms with E-state index >= 15 is 0 Å². The highest BCUT2D eigenvalue weighted by molar-refractivity contribution is 6.02. The number of pyridine rings is 1. The second-order valence-corrected chi connectivity index (χ2v) is 5.23. The average Bonchev–Trinajstić information content (AvgIpc) is 3.07. The van der Waals surface area contributed by atoms with Crippen molar-refractivity contribution < 1.29 is 9.21 Å². The van der Waals surface area contributed by atoms with Crippen LogP contribution in [-0.2, 0) is 0 Å². The number of oxazole rings is 1. The fourth-order valence-electron chi connectivity index (χ4n) is 2.38. The molecule has 0 bridgehead atoms. The maximum Gasteiger partial charge on any atom is 0.274 e. The van der Waals surface area contributed by atoms with E-state index in [4.69, 9.17) is 4.42 Å². The van der Waals surface area contributed by atoms with E-state index in [0.717, 1.165) is 16.7 Å². The summed E-state index contributed by atoms with van der Waals surface area (Å²) in [5, 5.41) is 2.81. The van der Waals surface area contributed by atoms with Gasteiger partial charge < -0.3 is 9.73 Å². The van der Waals surface area contributed by atoms with E-state index in [2.05, 4.69) is 15.3 Å². The SMILES string of the molecule is O=C(Nc1ccc(-c2nc3ccccc3o2)cc1)c1ccccn1. The number of rotatable bonds is 3. The van der Waals surface area contributed by atoms with Gasteiger partial charge in [0.05, 0.1) is 0 Å². The number of hydrogen-bond acceptors (Lipinski definition) is 4. The Labute approximate surface area is 138 Å². The van der Waals surface area contributed by atoms with Gasteiger partial charge in [-0.15, -0.1) is 0 Å². The van der Waals surface area contributed by atoms with Gasteiger partial charge >= 0.3 is 0 Å². The molecule has 0 aliphatic rings. The number of carbonyl (C=O) groups excluding carboxylic acids is 1. The minimum absolute atomic E-state index is 0.245. The number of hydrogen-bond donors (Lipinski definition) is 1. The number of anilines is 1. The van der Waals surface area contributed by atoms with Gasteiger partial charge in [-0.1, -0.05) is 18.2 Å². The molecule has 24 heavy (non-hydrogen) atoms. The van der Waals surface area contributed by atoms with Crippen LogP contribution < -0.4 is 5.32 Å². The maximum atomic E-state index is 12.1. The van der Waals surface area contributed by atoms with Crippen molar-refractivity contribution in [3.63, 3.8) is 0 Å². The zero-order valence-corrected chi connectivity index (χ0v) is 12.6. The van der Waals surface area contributed by atoms with Crippen LogP contribution in [-0.4, -0.2) is 15.9 Å². The maximum absolute atomic E-state index is 12.1. The number of nitrogens with one attached hydrogen (secondary N) is 1. The summed E-state index contributed by atoms with van der Waals surface area (Å²) in [4.78, 5) is 20.6. The Morgan fingerprint density at radius 2 is 1.71 bits per heavy atom. The van der Waals surface area contributed by atoms with E-state index in [0.29, 0.717) is 17.3 Å². The van der Waals surface area contributed by atoms with Gasteiger partial charge in [-0.3, -0.25) is 9.78 Å². The molecule has 0 radical (unpaired) electrons. The summed E-state index contributed by atoms with van der Waals surface area (Å²) in [6.45, 7) is 0. The van der Waals surface area contributed by atoms with Crippen LogP contribution in [0.2, 0.25) is 0 Å². The number of para-hydroxylation sites is 2. The summed E-state index contributed by atoms with van der Waals surface area (Å²) >= 11 is 0. The zero-order chi connectivity index (χ0) is 16.4. The molecule has 2 heterocycles. The molecule has 2 aromatic heterocycles. The molecule has 0 saturated heterocycles. The highest BCUT2D eigenvalue weighted by Crippen LogP contribution is 2.25. The normalized spacial score (nSPS) is 10.7. The van der Waals surface area contributed by atoms with Crippen LogP contribution in [0.4, 0.5) is 5.69 Å². The van der Waals surface area contributed by atoms with Crippen LogP contribution in [0.3, 0.4) is 0 Å². The largest absolute Gasteiger partial charge is 0.436 e. The van der Waals surface area contributed by atoms with E-state index in [1.165, 1.54) is 0 Å². The van der Waals surface area contributed by atoms with Gasteiger partial charge in [0.15, 0.2) is 5.58 Å². The molecule has 0 unspecified atom stereocenters. The topological polar surface area (TPSA) is 68.0 Å². The quantitative estimate of drug-likeness (QED) is 0.617. The van der Waals surface area contributed by atoms with Crippen LogP contribution in [0.25, 0.3) is 22.6 Å². The van der Waals surface area contributed by atoms with Crippen molar-refractivity contribution in [3.8, 4) is 11.5 Å². The summed E-state index contributed by atoms with van der Waals surface area (Å²) in [5.74, 6) is 0.309. The molecule has 4 aromatic rings. The number of amides is 1. The molecule has 0 fully saturated rings. The first-order valence-electron chi connectivity index (χ1n) is 7.48. The lowest BCUT2D eigenvalue weighted by Crippen LogP contribution is -2.13. The Morgan fingerprint density at radius 3 is 2.46 bits per heavy atom. The Morgan fingerprint density at radius 1 is 0.917 bits per heavy atom. The van der Waals surface area contributed by atoms with Crippen LogP contribution in [0, 0.1) is 0 Å². The summed E-state index contributed by atoms with van der Waals surface area (Å²) in [6, 6.07) is 20.2. The molecule has 1 N–H and O–H groups in total. The molecular formula is C19H13N3O2. The van der Waals surface area contributed by atoms with Gasteiger partial charge in [-0.25, -0.2) is 4.98 Å². The lowest BCUT2D eigenvalue weighted by molar-refractivity contribution is 0.102. The van der Waals surface area contributed by atoms with Crippen molar-refractivity contribution in [3.05, 3.63) is 78.6 Å². The third kappa shape index (κ3) is 2.75. The Bertz CT molecular complexity index is 959. The van der Waals surface area contributed by atoms with Crippen LogP contribution in [0.15, 0.2) is 77.3 Å². The smallest absolute Gasteiger partial charge is 0.274 e. The van der Waals surface area contributed by atoms with E-state index in [1.54, 1.807) is 24.4 Å². The Kier molecular flexibility index (Phi) is 3.51. The first-order valence-corrected chi connectivity index (χ1v) is 7.48. The second kappa shape index (κ2) is 5.96. The predicted molar refractivity (Wildman–Crippen MR) is 91.6 cm³/mol. The first-order chi connectivity index (χ1) is 11.8. The van der Waals surface area contributed by atoms with E-state index in [9.17, 15) is 4.79 Å². The molecule has 0 saturated carbocycles. The summed E-state index contributed by atoms with van der Waals surface area (Å²) in [7, 11) is 0. The minimum atomic E-state index is -0.245. The van der Waals surface area contributed by atoms with Crippen molar-refractivity contribution in [2.45, 2.75) is 0 Å². The molecule has 0 aliphatic heterocycles. The number of benzene rings is 2. The fourth-order valence-corrected chi connectivity index (χ4v) is 2.38. The van der Waals surface area contributed by atoms with Gasteiger partial charge in [-0.05, 0) is 48.5 Å². The van der Waals surface area contributed by atoms with Crippen molar-refractivity contribution in [2.75, 3.05) is 5.32 Å². The third-order valence-electron chi connectivity index (χ3n) is 3.58. The number of aromatic nitrogens is 2. The van der Waals surface area contributed by atoms with Gasteiger partial charge in [0.1, 0.15) is 11.2 Å². The summed E-state index contributed by atoms with van der Waals surface area (Å²) < 4.78 is 5.74. The standard InChI is InChI=1S/C19H13N3O2/c23-18(16-6-3-4-12-20-16)21-14-10-8-13(9-11-14)19-22-15-5-1-2-7-17(15)24-19/h1-12H,(H,21,23). The highest BCUT2D eigenvalue weighted by Gasteiger charge is 2.09. The molecule has 0 aliphatic carbocycles. The monoisotopic (exact) mass is 315 g/mol. The van der Waals surface area contributed by atoms with Crippen LogP contribution in [0.5, 0.6) is 0 Å². The van der Waals surface area contributed by atoms with Crippen LogP contribution in [0.1, 0.15) is 10.5 Å². The molecule has 5 nitrogen and oxygen atoms in total. The van der Waals surface area contributed by atoms with Gasteiger partial charge in [0.2, 0.25) is 5.89 Å². The Hall–Kier alpha value is -3.47. The van der Waals surface area contributed by atoms with Crippen LogP contribution >= 0.6 is 0 Å². The average molecular weight is 315 g/mol. The molecule has 2 aromatic carbocycles. The third-order valence-corrected chi connectivity index (χ3v) is 3.58. The Balaban J connectivity index is 1.55. The fraction of sp³-hybridized carbons (Fsp3) is 0. The summed E-state index contributed by atoms with van der Waals surface area (Å²) in [6.07, 6.45) is 1.59. The molecule has 4 rings (SSSR count). The lowest BCUT2D eigenvalue weighted by Gasteiger charge is -2.05. The van der Waals surface area contributed by atoms with Crippen molar-refractivity contribution in [1.29, 1.82) is 0 Å². The molecule has 1 amide bonds. The van der Waals surface area contributed by atoms with Crippen molar-refractivity contribution in [2.24, 2.45) is 0 Å². The minimum Gasteiger partial charge on any atom is -0.436 e. The van der Waals surface area contributed by atoms with Gasteiger partial charge in [0.25, 0.3) is 5.91 Å². The first kappa shape index (κ1) is 14.1. The summed E-state index contributed by atoms with van der Waals surface area (Å²) in [5.41, 5.74) is 3.48. The molecule has 0 spiro atoms. The molecular weight excluding hydrogens is 302 g/mol.